The molecule has 0 unspecified atom stereocenters. The average Bonchev–Trinajstić information content (AvgIpc) is 2.97. The van der Waals surface area contributed by atoms with Gasteiger partial charge < -0.3 is 10.1 Å². The van der Waals surface area contributed by atoms with Crippen LogP contribution in [0.1, 0.15) is 56.3 Å². The van der Waals surface area contributed by atoms with Crippen LogP contribution in [0.5, 0.6) is 0 Å². The molecule has 30 heavy (non-hydrogen) atoms. The Morgan fingerprint density at radius 1 is 1.10 bits per heavy atom. The number of esters is 1. The molecular weight excluding hydrogens is 388 g/mol. The zero-order valence-electron chi connectivity index (χ0n) is 17.2. The number of carbonyl (C=O) groups excluding carboxylic acids is 5. The van der Waals surface area contributed by atoms with E-state index in [2.05, 4.69) is 5.32 Å². The second-order valence-electron chi connectivity index (χ2n) is 7.80. The Kier molecular flexibility index (Phi) is 6.64. The summed E-state index contributed by atoms with van der Waals surface area (Å²) in [6, 6.07) is 6.55. The van der Waals surface area contributed by atoms with E-state index in [1.165, 1.54) is 13.8 Å². The van der Waals surface area contributed by atoms with Crippen LogP contribution < -0.4 is 5.32 Å². The van der Waals surface area contributed by atoms with Crippen LogP contribution in [0, 0.1) is 11.8 Å². The summed E-state index contributed by atoms with van der Waals surface area (Å²) in [5.41, 5.74) is 0.700. The number of para-hydroxylation sites is 1. The second kappa shape index (κ2) is 9.19. The third kappa shape index (κ3) is 4.58. The number of hydrogen-bond acceptors (Lipinski definition) is 6. The molecule has 1 aromatic carbocycles. The average molecular weight is 414 g/mol. The van der Waals surface area contributed by atoms with Crippen molar-refractivity contribution in [1.29, 1.82) is 0 Å². The highest BCUT2D eigenvalue weighted by molar-refractivity contribution is 6.06. The van der Waals surface area contributed by atoms with Crippen molar-refractivity contribution in [3.63, 3.8) is 0 Å². The van der Waals surface area contributed by atoms with Gasteiger partial charge in [-0.15, -0.1) is 0 Å². The number of imide groups is 1. The van der Waals surface area contributed by atoms with Crippen molar-refractivity contribution in [2.45, 2.75) is 52.1 Å². The van der Waals surface area contributed by atoms with E-state index in [0.29, 0.717) is 11.3 Å². The molecule has 1 aromatic rings. The lowest BCUT2D eigenvalue weighted by Gasteiger charge is -2.19. The fourth-order valence-corrected chi connectivity index (χ4v) is 4.10. The Morgan fingerprint density at radius 2 is 1.70 bits per heavy atom. The first-order valence-electron chi connectivity index (χ1n) is 10.2. The maximum absolute atomic E-state index is 12.4. The molecule has 160 valence electrons. The summed E-state index contributed by atoms with van der Waals surface area (Å²) < 4.78 is 5.15. The Bertz CT molecular complexity index is 856. The normalized spacial score (nSPS) is 21.7. The Hall–Kier alpha value is -3.03. The van der Waals surface area contributed by atoms with Crippen LogP contribution in [0.4, 0.5) is 5.69 Å². The number of benzene rings is 1. The van der Waals surface area contributed by atoms with Crippen molar-refractivity contribution >= 4 is 35.2 Å². The summed E-state index contributed by atoms with van der Waals surface area (Å²) >= 11 is 0. The van der Waals surface area contributed by atoms with E-state index < -0.39 is 18.0 Å². The van der Waals surface area contributed by atoms with Gasteiger partial charge >= 0.3 is 5.97 Å². The van der Waals surface area contributed by atoms with Crippen LogP contribution in [0.25, 0.3) is 0 Å². The molecule has 1 saturated carbocycles. The van der Waals surface area contributed by atoms with E-state index in [1.54, 1.807) is 24.3 Å². The molecule has 8 heteroatoms. The van der Waals surface area contributed by atoms with Crippen molar-refractivity contribution in [3.05, 3.63) is 29.8 Å². The van der Waals surface area contributed by atoms with Gasteiger partial charge in [-0.3, -0.25) is 28.9 Å². The number of ketones is 1. The van der Waals surface area contributed by atoms with Crippen LogP contribution in [0.15, 0.2) is 24.3 Å². The molecular formula is C22H26N2O6. The van der Waals surface area contributed by atoms with Crippen molar-refractivity contribution in [3.8, 4) is 0 Å². The van der Waals surface area contributed by atoms with Gasteiger partial charge in [-0.25, -0.2) is 0 Å². The quantitative estimate of drug-likeness (QED) is 0.417. The van der Waals surface area contributed by atoms with E-state index in [1.807, 2.05) is 0 Å². The van der Waals surface area contributed by atoms with Crippen LogP contribution in [-0.4, -0.2) is 47.0 Å². The molecule has 2 aliphatic rings. The molecule has 0 radical (unpaired) electrons. The maximum Gasteiger partial charge on any atom is 0.308 e. The number of hydrogen-bond donors (Lipinski definition) is 1. The lowest BCUT2D eigenvalue weighted by molar-refractivity contribution is -0.154. The number of Topliss-reactive ketones (excluding diaryl/α,β-unsaturated/α-hetero) is 1. The number of nitrogens with zero attached hydrogens (tertiary/aromatic N) is 1. The SMILES string of the molecule is CC(=O)c1ccccc1NC(=O)[C@H](C)OC(=O)CCN1C(=O)[C@H]2CCCC[C@@H]2C1=O. The fourth-order valence-electron chi connectivity index (χ4n) is 4.10. The molecule has 1 N–H and O–H groups in total. The molecule has 3 rings (SSSR count). The predicted octanol–water partition coefficient (Wildman–Crippen LogP) is 2.32. The van der Waals surface area contributed by atoms with E-state index in [9.17, 15) is 24.0 Å². The summed E-state index contributed by atoms with van der Waals surface area (Å²) in [5.74, 6) is -2.37. The molecule has 8 nitrogen and oxygen atoms in total. The number of carbonyl (C=O) groups is 5. The molecule has 1 aliphatic heterocycles. The fraction of sp³-hybridized carbons (Fsp3) is 0.500. The van der Waals surface area contributed by atoms with Crippen molar-refractivity contribution in [2.24, 2.45) is 11.8 Å². The van der Waals surface area contributed by atoms with Crippen LogP contribution >= 0.6 is 0 Å². The molecule has 3 amide bonds. The lowest BCUT2D eigenvalue weighted by Crippen LogP contribution is -2.35. The van der Waals surface area contributed by atoms with Gasteiger partial charge in [0.25, 0.3) is 5.91 Å². The lowest BCUT2D eigenvalue weighted by atomic mass is 9.81. The summed E-state index contributed by atoms with van der Waals surface area (Å²) in [6.07, 6.45) is 2.05. The third-order valence-corrected chi connectivity index (χ3v) is 5.71. The Balaban J connectivity index is 1.51. The number of ether oxygens (including phenoxy) is 1. The highest BCUT2D eigenvalue weighted by Gasteiger charge is 2.47. The first-order chi connectivity index (χ1) is 14.3. The minimum atomic E-state index is -1.09. The summed E-state index contributed by atoms with van der Waals surface area (Å²) in [4.78, 5) is 62.2. The summed E-state index contributed by atoms with van der Waals surface area (Å²) in [6.45, 7) is 2.78. The van der Waals surface area contributed by atoms with Crippen LogP contribution in [0.2, 0.25) is 0 Å². The van der Waals surface area contributed by atoms with Gasteiger partial charge in [0, 0.05) is 12.1 Å². The Labute approximate surface area is 174 Å². The van der Waals surface area contributed by atoms with Gasteiger partial charge in [-0.1, -0.05) is 25.0 Å². The molecule has 3 atom stereocenters. The molecule has 2 fully saturated rings. The van der Waals surface area contributed by atoms with Gasteiger partial charge in [0.15, 0.2) is 11.9 Å². The second-order valence-corrected chi connectivity index (χ2v) is 7.80. The predicted molar refractivity (Wildman–Crippen MR) is 107 cm³/mol. The number of nitrogens with one attached hydrogen (secondary N) is 1. The summed E-state index contributed by atoms with van der Waals surface area (Å²) in [5, 5.41) is 2.59. The van der Waals surface area contributed by atoms with Crippen molar-refractivity contribution in [2.75, 3.05) is 11.9 Å². The zero-order valence-corrected chi connectivity index (χ0v) is 17.2. The first kappa shape index (κ1) is 21.7. The van der Waals surface area contributed by atoms with Gasteiger partial charge in [-0.2, -0.15) is 0 Å². The van der Waals surface area contributed by atoms with Gasteiger partial charge in [0.2, 0.25) is 11.8 Å². The number of rotatable bonds is 7. The molecule has 1 heterocycles. The highest BCUT2D eigenvalue weighted by Crippen LogP contribution is 2.38. The number of amides is 3. The topological polar surface area (TPSA) is 110 Å². The molecule has 1 aliphatic carbocycles. The van der Waals surface area contributed by atoms with E-state index in [4.69, 9.17) is 4.74 Å². The number of fused-ring (bicyclic) bond motifs is 1. The maximum atomic E-state index is 12.4. The first-order valence-corrected chi connectivity index (χ1v) is 10.2. The zero-order chi connectivity index (χ0) is 21.8. The standard InChI is InChI=1S/C22H26N2O6/c1-13(25)15-7-5-6-10-18(15)23-20(27)14(2)30-19(26)11-12-24-21(28)16-8-3-4-9-17(16)22(24)29/h5-7,10,14,16-17H,3-4,8-9,11-12H2,1-2H3,(H,23,27)/t14-,16-,17-/m0/s1. The van der Waals surface area contributed by atoms with E-state index in [-0.39, 0.29) is 42.4 Å². The van der Waals surface area contributed by atoms with Crippen LogP contribution in [-0.2, 0) is 23.9 Å². The minimum absolute atomic E-state index is 0.0367. The minimum Gasteiger partial charge on any atom is -0.452 e. The highest BCUT2D eigenvalue weighted by atomic mass is 16.5. The molecule has 0 spiro atoms. The third-order valence-electron chi connectivity index (χ3n) is 5.71. The van der Waals surface area contributed by atoms with E-state index in [0.717, 1.165) is 30.6 Å². The summed E-state index contributed by atoms with van der Waals surface area (Å²) in [7, 11) is 0. The number of anilines is 1. The number of likely N-dealkylation sites (tertiary alicyclic amines) is 1. The molecule has 1 saturated heterocycles. The smallest absolute Gasteiger partial charge is 0.308 e. The van der Waals surface area contributed by atoms with E-state index >= 15 is 0 Å². The monoisotopic (exact) mass is 414 g/mol. The van der Waals surface area contributed by atoms with Crippen molar-refractivity contribution < 1.29 is 28.7 Å². The Morgan fingerprint density at radius 3 is 2.30 bits per heavy atom. The van der Waals surface area contributed by atoms with Crippen molar-refractivity contribution in [1.82, 2.24) is 4.90 Å². The largest absolute Gasteiger partial charge is 0.452 e. The van der Waals surface area contributed by atoms with Crippen LogP contribution in [0.3, 0.4) is 0 Å². The van der Waals surface area contributed by atoms with Gasteiger partial charge in [0.1, 0.15) is 0 Å². The molecule has 0 aromatic heterocycles. The van der Waals surface area contributed by atoms with Gasteiger partial charge in [-0.05, 0) is 38.8 Å². The molecule has 0 bridgehead atoms. The van der Waals surface area contributed by atoms with Gasteiger partial charge in [0.05, 0.1) is 23.9 Å².